The molecule has 1 saturated heterocycles. The van der Waals surface area contributed by atoms with Gasteiger partial charge in [0.2, 0.25) is 0 Å². The van der Waals surface area contributed by atoms with Crippen LogP contribution in [-0.2, 0) is 13.1 Å². The van der Waals surface area contributed by atoms with Gasteiger partial charge in [0.15, 0.2) is 5.65 Å². The predicted molar refractivity (Wildman–Crippen MR) is 124 cm³/mol. The maximum Gasteiger partial charge on any atom is 0.159 e. The third-order valence-electron chi connectivity index (χ3n) is 5.72. The number of nitrogens with zero attached hydrogens (tertiary/aromatic N) is 5. The first-order valence-corrected chi connectivity index (χ1v) is 10.8. The third-order valence-corrected chi connectivity index (χ3v) is 6.00. The number of rotatable bonds is 5. The number of fused-ring (bicyclic) bond motifs is 1. The van der Waals surface area contributed by atoms with Crippen molar-refractivity contribution in [1.82, 2.24) is 24.8 Å². The Morgan fingerprint density at radius 3 is 2.52 bits per heavy atom. The van der Waals surface area contributed by atoms with Crippen molar-refractivity contribution in [3.8, 4) is 11.4 Å². The first-order valence-electron chi connectivity index (χ1n) is 10.4. The number of H-pyrrole nitrogens is 1. The molecule has 1 aliphatic rings. The molecule has 31 heavy (non-hydrogen) atoms. The highest BCUT2D eigenvalue weighted by atomic mass is 35.5. The zero-order chi connectivity index (χ0) is 21.2. The number of piperazine rings is 1. The van der Waals surface area contributed by atoms with E-state index in [4.69, 9.17) is 22.3 Å². The van der Waals surface area contributed by atoms with Crippen LogP contribution in [0.2, 0.25) is 5.02 Å². The Kier molecular flexibility index (Phi) is 5.55. The van der Waals surface area contributed by atoms with E-state index in [-0.39, 0.29) is 0 Å². The number of hydrogen-bond donors (Lipinski definition) is 2. The number of aromatic amines is 1. The summed E-state index contributed by atoms with van der Waals surface area (Å²) in [5.74, 6) is 0.782. The number of hydrogen-bond acceptors (Lipinski definition) is 6. The van der Waals surface area contributed by atoms with Crippen LogP contribution in [0, 0.1) is 0 Å². The predicted octanol–water partition coefficient (Wildman–Crippen LogP) is 3.45. The highest BCUT2D eigenvalue weighted by Crippen LogP contribution is 2.34. The van der Waals surface area contributed by atoms with Gasteiger partial charge in [-0.25, -0.2) is 9.97 Å². The third kappa shape index (κ3) is 4.12. The molecule has 0 amide bonds. The van der Waals surface area contributed by atoms with Crippen LogP contribution in [0.1, 0.15) is 11.1 Å². The molecule has 3 N–H and O–H groups in total. The maximum atomic E-state index is 6.60. The molecular weight excluding hydrogens is 410 g/mol. The van der Waals surface area contributed by atoms with Gasteiger partial charge in [-0.05, 0) is 17.2 Å². The summed E-state index contributed by atoms with van der Waals surface area (Å²) in [5.41, 5.74) is 11.5. The first kappa shape index (κ1) is 19.9. The minimum Gasteiger partial charge on any atom is -0.366 e. The minimum atomic E-state index is 0.522. The van der Waals surface area contributed by atoms with Crippen LogP contribution < -0.4 is 10.6 Å². The number of aromatic nitrogens is 4. The van der Waals surface area contributed by atoms with Gasteiger partial charge in [-0.1, -0.05) is 41.9 Å². The van der Waals surface area contributed by atoms with Crippen molar-refractivity contribution >= 4 is 28.5 Å². The molecule has 1 fully saturated rings. The van der Waals surface area contributed by atoms with Crippen molar-refractivity contribution in [1.29, 1.82) is 0 Å². The molecular formula is C23H24ClN7. The van der Waals surface area contributed by atoms with Crippen molar-refractivity contribution in [2.75, 3.05) is 31.1 Å². The van der Waals surface area contributed by atoms with Crippen LogP contribution in [0.3, 0.4) is 0 Å². The number of halogens is 1. The van der Waals surface area contributed by atoms with Gasteiger partial charge in [0, 0.05) is 57.2 Å². The van der Waals surface area contributed by atoms with Crippen LogP contribution in [0.4, 0.5) is 5.69 Å². The topological polar surface area (TPSA) is 87.0 Å². The van der Waals surface area contributed by atoms with Gasteiger partial charge in [-0.3, -0.25) is 9.88 Å². The first-order chi connectivity index (χ1) is 15.2. The molecule has 3 aromatic heterocycles. The summed E-state index contributed by atoms with van der Waals surface area (Å²) in [4.78, 5) is 21.6. The van der Waals surface area contributed by atoms with Gasteiger partial charge in [-0.15, -0.1) is 0 Å². The molecule has 0 bridgehead atoms. The molecule has 4 heterocycles. The lowest BCUT2D eigenvalue weighted by Gasteiger charge is -2.36. The number of nitrogens with one attached hydrogen (secondary N) is 1. The zero-order valence-electron chi connectivity index (χ0n) is 17.1. The smallest absolute Gasteiger partial charge is 0.159 e. The van der Waals surface area contributed by atoms with E-state index in [0.29, 0.717) is 11.6 Å². The van der Waals surface area contributed by atoms with E-state index in [1.165, 1.54) is 5.56 Å². The zero-order valence-corrected chi connectivity index (χ0v) is 17.9. The van der Waals surface area contributed by atoms with E-state index in [9.17, 15) is 0 Å². The van der Waals surface area contributed by atoms with Crippen molar-refractivity contribution in [3.63, 3.8) is 0 Å². The fourth-order valence-electron chi connectivity index (χ4n) is 4.03. The molecule has 1 aromatic carbocycles. The lowest BCUT2D eigenvalue weighted by atomic mass is 10.1. The number of anilines is 1. The van der Waals surface area contributed by atoms with Crippen molar-refractivity contribution < 1.29 is 0 Å². The standard InChI is InChI=1S/C23H24ClN7/c24-19-14-27-23-20(28-22(29-23)18-5-3-16(12-25)4-6-18)21(19)31-10-8-30(9-11-31)15-17-2-1-7-26-13-17/h1-7,13-14H,8-12,15,25H2,(H,27,28,29). The molecule has 0 spiro atoms. The maximum absolute atomic E-state index is 6.60. The quantitative estimate of drug-likeness (QED) is 0.501. The molecule has 158 valence electrons. The second-order valence-corrected chi connectivity index (χ2v) is 8.17. The largest absolute Gasteiger partial charge is 0.366 e. The van der Waals surface area contributed by atoms with Crippen LogP contribution in [0.25, 0.3) is 22.6 Å². The Morgan fingerprint density at radius 2 is 1.81 bits per heavy atom. The van der Waals surface area contributed by atoms with Crippen LogP contribution in [-0.4, -0.2) is 51.0 Å². The Labute approximate surface area is 185 Å². The molecule has 0 saturated carbocycles. The molecule has 7 nitrogen and oxygen atoms in total. The van der Waals surface area contributed by atoms with E-state index in [2.05, 4.69) is 30.8 Å². The molecule has 0 atom stereocenters. The minimum absolute atomic E-state index is 0.522. The summed E-state index contributed by atoms with van der Waals surface area (Å²) in [5, 5.41) is 0.629. The molecule has 0 radical (unpaired) electrons. The fourth-order valence-corrected chi connectivity index (χ4v) is 4.29. The Bertz CT molecular complexity index is 1170. The van der Waals surface area contributed by atoms with E-state index in [0.717, 1.165) is 66.5 Å². The number of pyridine rings is 2. The highest BCUT2D eigenvalue weighted by molar-refractivity contribution is 6.34. The Balaban J connectivity index is 1.38. The van der Waals surface area contributed by atoms with Crippen LogP contribution >= 0.6 is 11.6 Å². The summed E-state index contributed by atoms with van der Waals surface area (Å²) in [7, 11) is 0. The van der Waals surface area contributed by atoms with Crippen LogP contribution in [0.15, 0.2) is 55.0 Å². The van der Waals surface area contributed by atoms with Gasteiger partial charge >= 0.3 is 0 Å². The van der Waals surface area contributed by atoms with Crippen molar-refractivity contribution in [2.24, 2.45) is 5.73 Å². The number of imidazole rings is 1. The van der Waals surface area contributed by atoms with E-state index in [1.54, 1.807) is 6.20 Å². The lowest BCUT2D eigenvalue weighted by molar-refractivity contribution is 0.250. The molecule has 8 heteroatoms. The second kappa shape index (κ2) is 8.63. The molecule has 0 unspecified atom stereocenters. The Hall–Kier alpha value is -3.00. The average Bonchev–Trinajstić information content (AvgIpc) is 3.25. The highest BCUT2D eigenvalue weighted by Gasteiger charge is 2.23. The van der Waals surface area contributed by atoms with E-state index < -0.39 is 0 Å². The molecule has 1 aliphatic heterocycles. The van der Waals surface area contributed by atoms with Crippen molar-refractivity contribution in [3.05, 3.63) is 71.1 Å². The molecule has 5 rings (SSSR count). The monoisotopic (exact) mass is 433 g/mol. The van der Waals surface area contributed by atoms with E-state index in [1.807, 2.05) is 42.7 Å². The lowest BCUT2D eigenvalue weighted by Crippen LogP contribution is -2.46. The summed E-state index contributed by atoms with van der Waals surface area (Å²) in [6, 6.07) is 12.2. The van der Waals surface area contributed by atoms with Gasteiger partial charge in [0.05, 0.1) is 16.9 Å². The van der Waals surface area contributed by atoms with Gasteiger partial charge < -0.3 is 15.6 Å². The van der Waals surface area contributed by atoms with Crippen molar-refractivity contribution in [2.45, 2.75) is 13.1 Å². The number of nitrogens with two attached hydrogens (primary N) is 1. The summed E-state index contributed by atoms with van der Waals surface area (Å²) in [6.45, 7) is 5.10. The van der Waals surface area contributed by atoms with E-state index >= 15 is 0 Å². The number of benzene rings is 1. The average molecular weight is 434 g/mol. The summed E-state index contributed by atoms with van der Waals surface area (Å²) < 4.78 is 0. The summed E-state index contributed by atoms with van der Waals surface area (Å²) in [6.07, 6.45) is 5.45. The molecule has 0 aliphatic carbocycles. The SMILES string of the molecule is NCc1ccc(-c2nc3c(N4CCN(Cc5cccnc5)CC4)c(Cl)cnc3[nH]2)cc1. The summed E-state index contributed by atoms with van der Waals surface area (Å²) >= 11 is 6.60. The van der Waals surface area contributed by atoms with Gasteiger partial charge in [0.1, 0.15) is 11.3 Å². The van der Waals surface area contributed by atoms with Crippen LogP contribution in [0.5, 0.6) is 0 Å². The Morgan fingerprint density at radius 1 is 1.00 bits per heavy atom. The second-order valence-electron chi connectivity index (χ2n) is 7.76. The van der Waals surface area contributed by atoms with Gasteiger partial charge in [-0.2, -0.15) is 0 Å². The molecule has 4 aromatic rings. The fraction of sp³-hybridized carbons (Fsp3) is 0.261. The normalized spacial score (nSPS) is 15.0. The van der Waals surface area contributed by atoms with Gasteiger partial charge in [0.25, 0.3) is 0 Å².